The molecule has 0 saturated carbocycles. The Morgan fingerprint density at radius 1 is 1.41 bits per heavy atom. The lowest BCUT2D eigenvalue weighted by Crippen LogP contribution is -2.28. The normalized spacial score (nSPS) is 13.8. The number of ether oxygens (including phenoxy) is 1. The fourth-order valence-corrected chi connectivity index (χ4v) is 1.32. The zero-order valence-corrected chi connectivity index (χ0v) is 9.91. The Morgan fingerprint density at radius 2 is 2.12 bits per heavy atom. The van der Waals surface area contributed by atoms with Crippen LogP contribution in [-0.4, -0.2) is 23.9 Å². The van der Waals surface area contributed by atoms with Crippen LogP contribution in [0.3, 0.4) is 0 Å². The van der Waals surface area contributed by atoms with E-state index >= 15 is 0 Å². The van der Waals surface area contributed by atoms with Crippen LogP contribution in [0.2, 0.25) is 0 Å². The van der Waals surface area contributed by atoms with Crippen molar-refractivity contribution in [1.29, 1.82) is 0 Å². The van der Waals surface area contributed by atoms with Gasteiger partial charge in [0, 0.05) is 11.5 Å². The standard InChI is InChI=1S/C12H17N3O2/c1-12(10-16,14-15-13)7-8-17-9-11-5-3-2-4-6-11/h2-6,16H,7-10H2,1H3. The predicted octanol–water partition coefficient (Wildman–Crippen LogP) is 2.65. The molecule has 1 atom stereocenters. The number of aliphatic hydroxyl groups is 1. The molecule has 0 heterocycles. The van der Waals surface area contributed by atoms with Crippen LogP contribution >= 0.6 is 0 Å². The molecule has 1 N–H and O–H groups in total. The third-order valence-electron chi connectivity index (χ3n) is 2.52. The van der Waals surface area contributed by atoms with Gasteiger partial charge in [0.25, 0.3) is 0 Å². The highest BCUT2D eigenvalue weighted by molar-refractivity contribution is 5.13. The first-order valence-electron chi connectivity index (χ1n) is 5.49. The first-order chi connectivity index (χ1) is 8.20. The summed E-state index contributed by atoms with van der Waals surface area (Å²) in [5.74, 6) is 0. The summed E-state index contributed by atoms with van der Waals surface area (Å²) in [6.07, 6.45) is 0.500. The van der Waals surface area contributed by atoms with E-state index in [0.29, 0.717) is 19.6 Å². The van der Waals surface area contributed by atoms with Crippen LogP contribution in [-0.2, 0) is 11.3 Å². The van der Waals surface area contributed by atoms with Crippen molar-refractivity contribution in [1.82, 2.24) is 0 Å². The van der Waals surface area contributed by atoms with Gasteiger partial charge in [0.15, 0.2) is 0 Å². The highest BCUT2D eigenvalue weighted by Gasteiger charge is 2.21. The summed E-state index contributed by atoms with van der Waals surface area (Å²) >= 11 is 0. The number of benzene rings is 1. The molecule has 1 unspecified atom stereocenters. The molecule has 92 valence electrons. The van der Waals surface area contributed by atoms with Crippen LogP contribution < -0.4 is 0 Å². The molecule has 5 heteroatoms. The number of hydrogen-bond acceptors (Lipinski definition) is 3. The van der Waals surface area contributed by atoms with Crippen molar-refractivity contribution in [3.05, 3.63) is 46.3 Å². The highest BCUT2D eigenvalue weighted by Crippen LogP contribution is 2.15. The van der Waals surface area contributed by atoms with Gasteiger partial charge >= 0.3 is 0 Å². The Kier molecular flexibility index (Phi) is 5.49. The summed E-state index contributed by atoms with van der Waals surface area (Å²) in [6.45, 7) is 2.51. The van der Waals surface area contributed by atoms with E-state index in [1.54, 1.807) is 6.92 Å². The molecule has 5 nitrogen and oxygen atoms in total. The molecule has 0 aromatic heterocycles. The lowest BCUT2D eigenvalue weighted by atomic mass is 10.0. The Bertz CT molecular complexity index is 377. The summed E-state index contributed by atoms with van der Waals surface area (Å²) < 4.78 is 5.47. The molecule has 0 fully saturated rings. The molecular weight excluding hydrogens is 218 g/mol. The average molecular weight is 235 g/mol. The van der Waals surface area contributed by atoms with Gasteiger partial charge in [-0.2, -0.15) is 0 Å². The Balaban J connectivity index is 2.30. The van der Waals surface area contributed by atoms with Crippen molar-refractivity contribution < 1.29 is 9.84 Å². The maximum Gasteiger partial charge on any atom is 0.0716 e. The van der Waals surface area contributed by atoms with E-state index in [-0.39, 0.29) is 6.61 Å². The Morgan fingerprint density at radius 3 is 2.71 bits per heavy atom. The molecule has 1 aromatic carbocycles. The molecule has 0 aliphatic carbocycles. The van der Waals surface area contributed by atoms with Crippen LogP contribution in [0.15, 0.2) is 35.4 Å². The minimum Gasteiger partial charge on any atom is -0.396 e. The molecule has 1 rings (SSSR count). The van der Waals surface area contributed by atoms with Crippen molar-refractivity contribution in [2.75, 3.05) is 13.2 Å². The molecule has 0 saturated heterocycles. The second kappa shape index (κ2) is 6.91. The summed E-state index contributed by atoms with van der Waals surface area (Å²) in [6, 6.07) is 9.83. The molecule has 0 aliphatic rings. The zero-order valence-electron chi connectivity index (χ0n) is 9.91. The quantitative estimate of drug-likeness (QED) is 0.341. The van der Waals surface area contributed by atoms with Gasteiger partial charge in [-0.3, -0.25) is 0 Å². The van der Waals surface area contributed by atoms with Gasteiger partial charge in [-0.05, 0) is 17.5 Å². The van der Waals surface area contributed by atoms with Crippen LogP contribution in [0, 0.1) is 0 Å². The molecule has 0 amide bonds. The summed E-state index contributed by atoms with van der Waals surface area (Å²) in [4.78, 5) is 2.72. The molecule has 0 spiro atoms. The van der Waals surface area contributed by atoms with E-state index in [4.69, 9.17) is 15.4 Å². The van der Waals surface area contributed by atoms with Crippen molar-refractivity contribution >= 4 is 0 Å². The molecule has 0 bridgehead atoms. The number of nitrogens with zero attached hydrogens (tertiary/aromatic N) is 3. The lowest BCUT2D eigenvalue weighted by Gasteiger charge is -2.20. The summed E-state index contributed by atoms with van der Waals surface area (Å²) in [5.41, 5.74) is 8.70. The van der Waals surface area contributed by atoms with Gasteiger partial charge < -0.3 is 9.84 Å². The van der Waals surface area contributed by atoms with Crippen molar-refractivity contribution in [2.24, 2.45) is 5.11 Å². The van der Waals surface area contributed by atoms with E-state index in [2.05, 4.69) is 10.0 Å². The summed E-state index contributed by atoms with van der Waals surface area (Å²) in [5, 5.41) is 12.7. The van der Waals surface area contributed by atoms with Crippen LogP contribution in [0.25, 0.3) is 10.4 Å². The van der Waals surface area contributed by atoms with Crippen LogP contribution in [0.5, 0.6) is 0 Å². The van der Waals surface area contributed by atoms with E-state index in [1.807, 2.05) is 30.3 Å². The topological polar surface area (TPSA) is 78.2 Å². The maximum atomic E-state index is 9.11. The highest BCUT2D eigenvalue weighted by atomic mass is 16.5. The fourth-order valence-electron chi connectivity index (χ4n) is 1.32. The number of azide groups is 1. The van der Waals surface area contributed by atoms with Crippen molar-refractivity contribution in [3.8, 4) is 0 Å². The number of hydrogen-bond donors (Lipinski definition) is 1. The van der Waals surface area contributed by atoms with Crippen LogP contribution in [0.4, 0.5) is 0 Å². The average Bonchev–Trinajstić information content (AvgIpc) is 2.36. The zero-order chi connectivity index (χ0) is 12.6. The minimum absolute atomic E-state index is 0.175. The van der Waals surface area contributed by atoms with Crippen molar-refractivity contribution in [2.45, 2.75) is 25.5 Å². The monoisotopic (exact) mass is 235 g/mol. The number of aliphatic hydroxyl groups excluding tert-OH is 1. The molecule has 0 aliphatic heterocycles. The third kappa shape index (κ3) is 4.87. The van der Waals surface area contributed by atoms with Gasteiger partial charge in [-0.25, -0.2) is 0 Å². The third-order valence-corrected chi connectivity index (χ3v) is 2.52. The first-order valence-corrected chi connectivity index (χ1v) is 5.49. The number of rotatable bonds is 7. The van der Waals surface area contributed by atoms with Gasteiger partial charge in [0.2, 0.25) is 0 Å². The van der Waals surface area contributed by atoms with Gasteiger partial charge in [-0.1, -0.05) is 42.4 Å². The van der Waals surface area contributed by atoms with E-state index < -0.39 is 5.54 Å². The van der Waals surface area contributed by atoms with E-state index in [0.717, 1.165) is 5.56 Å². The lowest BCUT2D eigenvalue weighted by molar-refractivity contribution is 0.0900. The predicted molar refractivity (Wildman–Crippen MR) is 65.4 cm³/mol. The summed E-state index contributed by atoms with van der Waals surface area (Å²) in [7, 11) is 0. The first kappa shape index (κ1) is 13.5. The maximum absolute atomic E-state index is 9.11. The van der Waals surface area contributed by atoms with Crippen LogP contribution in [0.1, 0.15) is 18.9 Å². The fraction of sp³-hybridized carbons (Fsp3) is 0.500. The second-order valence-electron chi connectivity index (χ2n) is 4.13. The SMILES string of the molecule is CC(CO)(CCOCc1ccccc1)N=[N+]=[N-]. The largest absolute Gasteiger partial charge is 0.396 e. The smallest absolute Gasteiger partial charge is 0.0716 e. The molecule has 17 heavy (non-hydrogen) atoms. The molecule has 0 radical (unpaired) electrons. The van der Waals surface area contributed by atoms with Gasteiger partial charge in [0.05, 0.1) is 18.8 Å². The Hall–Kier alpha value is -1.55. The Labute approximate surface area is 101 Å². The molecular formula is C12H17N3O2. The van der Waals surface area contributed by atoms with E-state index in [9.17, 15) is 0 Å². The van der Waals surface area contributed by atoms with E-state index in [1.165, 1.54) is 0 Å². The second-order valence-corrected chi connectivity index (χ2v) is 4.13. The van der Waals surface area contributed by atoms with Gasteiger partial charge in [0.1, 0.15) is 0 Å². The van der Waals surface area contributed by atoms with Gasteiger partial charge in [-0.15, -0.1) is 0 Å². The van der Waals surface area contributed by atoms with Crippen molar-refractivity contribution in [3.63, 3.8) is 0 Å². The molecule has 1 aromatic rings. The minimum atomic E-state index is -0.772.